The number of piperidine rings is 1. The molecule has 0 unspecified atom stereocenters. The van der Waals surface area contributed by atoms with Crippen LogP contribution in [0.25, 0.3) is 0 Å². The van der Waals surface area contributed by atoms with Crippen molar-refractivity contribution in [3.8, 4) is 11.5 Å². The summed E-state index contributed by atoms with van der Waals surface area (Å²) >= 11 is 0. The summed E-state index contributed by atoms with van der Waals surface area (Å²) in [5, 5.41) is 3.16. The number of likely N-dealkylation sites (tertiary alicyclic amines) is 1. The third-order valence-electron chi connectivity index (χ3n) is 6.13. The van der Waals surface area contributed by atoms with Crippen LogP contribution in [0.2, 0.25) is 0 Å². The minimum atomic E-state index is 0.0394. The van der Waals surface area contributed by atoms with E-state index in [2.05, 4.69) is 29.0 Å². The Balaban J connectivity index is 1.34. The van der Waals surface area contributed by atoms with Gasteiger partial charge in [0.05, 0.1) is 19.1 Å². The molecule has 3 heterocycles. The summed E-state index contributed by atoms with van der Waals surface area (Å²) in [4.78, 5) is 18.0. The van der Waals surface area contributed by atoms with Crippen molar-refractivity contribution >= 4 is 5.91 Å². The van der Waals surface area contributed by atoms with Gasteiger partial charge in [-0.1, -0.05) is 19.9 Å². The standard InChI is InChI=1S/C23H35N3O4/c1-17(2)12-26-14-19(13-25-5-7-28-8-6-25)9-20(15-26)23(27)24-11-18-3-4-21-22(10-18)30-16-29-21/h3-4,10,17,19-20H,5-9,11-16H2,1-2H3,(H,24,27)/t19-,20-/m1/s1. The SMILES string of the molecule is CC(C)CN1C[C@@H](CN2CCOCC2)C[C@@H](C(=O)NCc2ccc3c(c2)OCO3)C1. The van der Waals surface area contributed by atoms with Crippen LogP contribution in [0.5, 0.6) is 11.5 Å². The minimum absolute atomic E-state index is 0.0394. The third-order valence-corrected chi connectivity index (χ3v) is 6.13. The maximum atomic E-state index is 13.0. The zero-order chi connectivity index (χ0) is 20.9. The molecule has 0 aliphatic carbocycles. The summed E-state index contributed by atoms with van der Waals surface area (Å²) in [7, 11) is 0. The molecule has 0 spiro atoms. The molecule has 1 amide bonds. The van der Waals surface area contributed by atoms with E-state index in [0.29, 0.717) is 18.4 Å². The van der Waals surface area contributed by atoms with Gasteiger partial charge in [0.15, 0.2) is 11.5 Å². The summed E-state index contributed by atoms with van der Waals surface area (Å²) in [6.45, 7) is 13.0. The lowest BCUT2D eigenvalue weighted by atomic mass is 9.87. The smallest absolute Gasteiger partial charge is 0.231 e. The van der Waals surface area contributed by atoms with Crippen LogP contribution < -0.4 is 14.8 Å². The second-order valence-electron chi connectivity index (χ2n) is 9.23. The molecule has 2 saturated heterocycles. The molecule has 7 heteroatoms. The Bertz CT molecular complexity index is 720. The molecular formula is C23H35N3O4. The molecule has 3 aliphatic rings. The van der Waals surface area contributed by atoms with Crippen LogP contribution in [0.15, 0.2) is 18.2 Å². The Morgan fingerprint density at radius 2 is 1.93 bits per heavy atom. The van der Waals surface area contributed by atoms with Crippen molar-refractivity contribution in [3.05, 3.63) is 23.8 Å². The molecule has 1 N–H and O–H groups in total. The molecule has 30 heavy (non-hydrogen) atoms. The topological polar surface area (TPSA) is 63.3 Å². The number of fused-ring (bicyclic) bond motifs is 1. The largest absolute Gasteiger partial charge is 0.454 e. The van der Waals surface area contributed by atoms with E-state index in [-0.39, 0.29) is 18.6 Å². The molecule has 166 valence electrons. The van der Waals surface area contributed by atoms with Gasteiger partial charge in [0.25, 0.3) is 0 Å². The number of ether oxygens (including phenoxy) is 3. The summed E-state index contributed by atoms with van der Waals surface area (Å²) in [6, 6.07) is 5.85. The van der Waals surface area contributed by atoms with Crippen LogP contribution in [0.1, 0.15) is 25.8 Å². The first-order chi connectivity index (χ1) is 14.6. The van der Waals surface area contributed by atoms with Crippen molar-refractivity contribution in [2.45, 2.75) is 26.8 Å². The predicted octanol–water partition coefficient (Wildman–Crippen LogP) is 1.96. The average molecular weight is 418 g/mol. The lowest BCUT2D eigenvalue weighted by Gasteiger charge is -2.40. The molecule has 1 aromatic carbocycles. The molecule has 3 aliphatic heterocycles. The maximum absolute atomic E-state index is 13.0. The van der Waals surface area contributed by atoms with Crippen LogP contribution in [-0.2, 0) is 16.1 Å². The molecule has 2 atom stereocenters. The van der Waals surface area contributed by atoms with Crippen LogP contribution in [-0.4, -0.2) is 75.0 Å². The van der Waals surface area contributed by atoms with Gasteiger partial charge < -0.3 is 24.4 Å². The van der Waals surface area contributed by atoms with Crippen LogP contribution >= 0.6 is 0 Å². The predicted molar refractivity (Wildman–Crippen MR) is 115 cm³/mol. The van der Waals surface area contributed by atoms with E-state index in [1.54, 1.807) is 0 Å². The molecule has 7 nitrogen and oxygen atoms in total. The quantitative estimate of drug-likeness (QED) is 0.732. The van der Waals surface area contributed by atoms with E-state index in [1.807, 2.05) is 18.2 Å². The second-order valence-corrected chi connectivity index (χ2v) is 9.23. The number of carbonyl (C=O) groups is 1. The molecular weight excluding hydrogens is 382 g/mol. The fourth-order valence-corrected chi connectivity index (χ4v) is 4.82. The number of hydrogen-bond acceptors (Lipinski definition) is 6. The third kappa shape index (κ3) is 5.65. The Labute approximate surface area is 179 Å². The van der Waals surface area contributed by atoms with Crippen LogP contribution in [0.4, 0.5) is 0 Å². The van der Waals surface area contributed by atoms with E-state index < -0.39 is 0 Å². The van der Waals surface area contributed by atoms with Crippen molar-refractivity contribution in [1.29, 1.82) is 0 Å². The highest BCUT2D eigenvalue weighted by Crippen LogP contribution is 2.32. The summed E-state index contributed by atoms with van der Waals surface area (Å²) in [5.74, 6) is 2.85. The van der Waals surface area contributed by atoms with E-state index in [0.717, 1.165) is 76.0 Å². The lowest BCUT2D eigenvalue weighted by Crippen LogP contribution is -2.50. The first-order valence-electron chi connectivity index (χ1n) is 11.3. The van der Waals surface area contributed by atoms with E-state index in [1.165, 1.54) is 0 Å². The molecule has 1 aromatic rings. The highest BCUT2D eigenvalue weighted by molar-refractivity contribution is 5.79. The minimum Gasteiger partial charge on any atom is -0.454 e. The number of nitrogens with zero attached hydrogens (tertiary/aromatic N) is 2. The monoisotopic (exact) mass is 417 g/mol. The average Bonchev–Trinajstić information content (AvgIpc) is 3.20. The van der Waals surface area contributed by atoms with E-state index >= 15 is 0 Å². The van der Waals surface area contributed by atoms with Gasteiger partial charge in [-0.2, -0.15) is 0 Å². The zero-order valence-corrected chi connectivity index (χ0v) is 18.3. The van der Waals surface area contributed by atoms with Crippen molar-refractivity contribution in [2.24, 2.45) is 17.8 Å². The van der Waals surface area contributed by atoms with Gasteiger partial charge in [0.1, 0.15) is 0 Å². The van der Waals surface area contributed by atoms with Crippen molar-refractivity contribution < 1.29 is 19.0 Å². The number of benzene rings is 1. The van der Waals surface area contributed by atoms with Crippen LogP contribution in [0, 0.1) is 17.8 Å². The van der Waals surface area contributed by atoms with Gasteiger partial charge in [-0.15, -0.1) is 0 Å². The van der Waals surface area contributed by atoms with E-state index in [4.69, 9.17) is 14.2 Å². The molecule has 0 saturated carbocycles. The number of rotatable bonds is 7. The van der Waals surface area contributed by atoms with Gasteiger partial charge in [0, 0.05) is 45.8 Å². The normalized spacial score (nSPS) is 24.9. The first-order valence-corrected chi connectivity index (χ1v) is 11.3. The maximum Gasteiger partial charge on any atom is 0.231 e. The van der Waals surface area contributed by atoms with Gasteiger partial charge in [-0.3, -0.25) is 9.69 Å². The summed E-state index contributed by atoms with van der Waals surface area (Å²) < 4.78 is 16.3. The van der Waals surface area contributed by atoms with Crippen molar-refractivity contribution in [1.82, 2.24) is 15.1 Å². The first kappa shape index (κ1) is 21.4. The fraction of sp³-hybridized carbons (Fsp3) is 0.696. The molecule has 0 radical (unpaired) electrons. The van der Waals surface area contributed by atoms with Crippen molar-refractivity contribution in [2.75, 3.05) is 59.3 Å². The number of amides is 1. The Morgan fingerprint density at radius 3 is 2.73 bits per heavy atom. The molecule has 2 fully saturated rings. The van der Waals surface area contributed by atoms with Gasteiger partial charge in [-0.05, 0) is 36.0 Å². The van der Waals surface area contributed by atoms with E-state index in [9.17, 15) is 4.79 Å². The summed E-state index contributed by atoms with van der Waals surface area (Å²) in [6.07, 6.45) is 0.957. The second kappa shape index (κ2) is 9.98. The van der Waals surface area contributed by atoms with Crippen molar-refractivity contribution in [3.63, 3.8) is 0 Å². The molecule has 0 bridgehead atoms. The Hall–Kier alpha value is -1.83. The number of carbonyl (C=O) groups excluding carboxylic acids is 1. The molecule has 4 rings (SSSR count). The fourth-order valence-electron chi connectivity index (χ4n) is 4.82. The lowest BCUT2D eigenvalue weighted by molar-refractivity contribution is -0.128. The Kier molecular flexibility index (Phi) is 7.12. The van der Waals surface area contributed by atoms with Gasteiger partial charge >= 0.3 is 0 Å². The van der Waals surface area contributed by atoms with Crippen LogP contribution in [0.3, 0.4) is 0 Å². The zero-order valence-electron chi connectivity index (χ0n) is 18.3. The Morgan fingerprint density at radius 1 is 1.13 bits per heavy atom. The summed E-state index contributed by atoms with van der Waals surface area (Å²) in [5.41, 5.74) is 1.03. The number of morpholine rings is 1. The molecule has 0 aromatic heterocycles. The highest BCUT2D eigenvalue weighted by Gasteiger charge is 2.33. The number of nitrogens with one attached hydrogen (secondary N) is 1. The van der Waals surface area contributed by atoms with Gasteiger partial charge in [-0.25, -0.2) is 0 Å². The van der Waals surface area contributed by atoms with Gasteiger partial charge in [0.2, 0.25) is 12.7 Å². The number of hydrogen-bond donors (Lipinski definition) is 1. The highest BCUT2D eigenvalue weighted by atomic mass is 16.7.